The predicted molar refractivity (Wildman–Crippen MR) is 67.6 cm³/mol. The van der Waals surface area contributed by atoms with Crippen molar-refractivity contribution in [1.82, 2.24) is 4.72 Å². The van der Waals surface area contributed by atoms with E-state index in [4.69, 9.17) is 0 Å². The second-order valence-corrected chi connectivity index (χ2v) is 6.66. The van der Waals surface area contributed by atoms with Gasteiger partial charge in [0, 0.05) is 0 Å². The quantitative estimate of drug-likeness (QED) is 0.550. The molecule has 0 radical (unpaired) electrons. The van der Waals surface area contributed by atoms with E-state index in [0.717, 1.165) is 6.92 Å². The molecule has 0 aromatic heterocycles. The zero-order chi connectivity index (χ0) is 18.7. The molecule has 0 aromatic rings. The average molecular weight is 373 g/mol. The Balaban J connectivity index is 4.98. The monoisotopic (exact) mass is 373 g/mol. The van der Waals surface area contributed by atoms with Crippen molar-refractivity contribution in [1.29, 1.82) is 0 Å². The summed E-state index contributed by atoms with van der Waals surface area (Å²) >= 11 is 0. The molecule has 0 amide bonds. The van der Waals surface area contributed by atoms with E-state index in [9.17, 15) is 39.6 Å². The fourth-order valence-corrected chi connectivity index (χ4v) is 2.12. The Morgan fingerprint density at radius 1 is 1.13 bits per heavy atom. The molecule has 0 bridgehead atoms. The molecule has 1 N–H and O–H groups in total. The standard InChI is InChI=1S/C11H17F6NO4S/c1-4-7(18-23(20,21)11(15,16)17)6-22-8(19)9(3,5-2)10(12,13)14/h7,18H,4-6H2,1-3H3. The van der Waals surface area contributed by atoms with Crippen molar-refractivity contribution in [3.05, 3.63) is 0 Å². The number of esters is 1. The van der Waals surface area contributed by atoms with Crippen LogP contribution in [0.25, 0.3) is 0 Å². The fraction of sp³-hybridized carbons (Fsp3) is 0.909. The number of halogens is 6. The second-order valence-electron chi connectivity index (χ2n) is 4.95. The zero-order valence-electron chi connectivity index (χ0n) is 12.5. The minimum absolute atomic E-state index is 0.225. The molecule has 23 heavy (non-hydrogen) atoms. The summed E-state index contributed by atoms with van der Waals surface area (Å²) in [5.74, 6) is -1.68. The highest BCUT2D eigenvalue weighted by Gasteiger charge is 2.56. The average Bonchev–Trinajstić information content (AvgIpc) is 2.39. The lowest BCUT2D eigenvalue weighted by Gasteiger charge is -2.29. The fourth-order valence-electron chi connectivity index (χ4n) is 1.32. The van der Waals surface area contributed by atoms with E-state index in [2.05, 4.69) is 4.74 Å². The van der Waals surface area contributed by atoms with Crippen LogP contribution >= 0.6 is 0 Å². The van der Waals surface area contributed by atoms with E-state index in [1.54, 1.807) is 0 Å². The summed E-state index contributed by atoms with van der Waals surface area (Å²) in [7, 11) is -5.69. The van der Waals surface area contributed by atoms with Gasteiger partial charge in [0.05, 0.1) is 6.04 Å². The van der Waals surface area contributed by atoms with Crippen LogP contribution in [0.5, 0.6) is 0 Å². The van der Waals surface area contributed by atoms with Crippen LogP contribution < -0.4 is 4.72 Å². The molecular weight excluding hydrogens is 356 g/mol. The number of sulfonamides is 1. The van der Waals surface area contributed by atoms with Gasteiger partial charge in [0.15, 0.2) is 5.41 Å². The molecule has 138 valence electrons. The van der Waals surface area contributed by atoms with E-state index in [-0.39, 0.29) is 6.42 Å². The summed E-state index contributed by atoms with van der Waals surface area (Å²) < 4.78 is 103. The SMILES string of the molecule is CCC(COC(=O)C(C)(CC)C(F)(F)F)NS(=O)(=O)C(F)(F)F. The first-order valence-electron chi connectivity index (χ1n) is 6.45. The highest BCUT2D eigenvalue weighted by molar-refractivity contribution is 7.90. The number of rotatable bonds is 7. The van der Waals surface area contributed by atoms with Crippen LogP contribution in [0.3, 0.4) is 0 Å². The second kappa shape index (κ2) is 7.24. The number of nitrogens with one attached hydrogen (secondary N) is 1. The predicted octanol–water partition coefficient (Wildman–Crippen LogP) is 2.73. The van der Waals surface area contributed by atoms with E-state index in [1.807, 2.05) is 0 Å². The van der Waals surface area contributed by atoms with E-state index in [1.165, 1.54) is 11.6 Å². The lowest BCUT2D eigenvalue weighted by atomic mass is 9.87. The lowest BCUT2D eigenvalue weighted by Crippen LogP contribution is -2.47. The molecule has 0 spiro atoms. The summed E-state index contributed by atoms with van der Waals surface area (Å²) in [4.78, 5) is 11.6. The number of carbonyl (C=O) groups excluding carboxylic acids is 1. The largest absolute Gasteiger partial charge is 0.511 e. The minimum Gasteiger partial charge on any atom is -0.463 e. The molecule has 0 saturated carbocycles. The molecule has 0 rings (SSSR count). The van der Waals surface area contributed by atoms with Gasteiger partial charge in [-0.1, -0.05) is 13.8 Å². The maximum Gasteiger partial charge on any atom is 0.511 e. The lowest BCUT2D eigenvalue weighted by molar-refractivity contribution is -0.231. The molecule has 0 aliphatic rings. The summed E-state index contributed by atoms with van der Waals surface area (Å²) in [5, 5.41) is 0. The molecule has 2 unspecified atom stereocenters. The van der Waals surface area contributed by atoms with Gasteiger partial charge in [0.1, 0.15) is 6.61 Å². The van der Waals surface area contributed by atoms with Gasteiger partial charge in [-0.3, -0.25) is 4.79 Å². The van der Waals surface area contributed by atoms with Gasteiger partial charge in [0.2, 0.25) is 0 Å². The molecule has 0 aromatic carbocycles. The molecule has 0 aliphatic heterocycles. The first-order chi connectivity index (χ1) is 10.1. The highest BCUT2D eigenvalue weighted by atomic mass is 32.2. The first kappa shape index (κ1) is 22.0. The molecule has 0 saturated heterocycles. The van der Waals surface area contributed by atoms with Crippen molar-refractivity contribution in [2.45, 2.75) is 51.3 Å². The third-order valence-electron chi connectivity index (χ3n) is 3.32. The van der Waals surface area contributed by atoms with Crippen LogP contribution in [-0.2, 0) is 19.6 Å². The third kappa shape index (κ3) is 5.23. The van der Waals surface area contributed by atoms with Gasteiger partial charge >= 0.3 is 27.7 Å². The first-order valence-corrected chi connectivity index (χ1v) is 7.93. The van der Waals surface area contributed by atoms with Crippen molar-refractivity contribution < 1.29 is 44.3 Å². The molecule has 0 aliphatic carbocycles. The molecule has 12 heteroatoms. The Labute approximate surface area is 129 Å². The topological polar surface area (TPSA) is 72.5 Å². The van der Waals surface area contributed by atoms with Crippen LogP contribution in [0, 0.1) is 5.41 Å². The zero-order valence-corrected chi connectivity index (χ0v) is 13.3. The van der Waals surface area contributed by atoms with Crippen molar-refractivity contribution >= 4 is 16.0 Å². The van der Waals surface area contributed by atoms with E-state index >= 15 is 0 Å². The number of alkyl halides is 6. The Hall–Kier alpha value is -1.04. The minimum atomic E-state index is -5.69. The maximum absolute atomic E-state index is 12.8. The van der Waals surface area contributed by atoms with Crippen LogP contribution in [-0.4, -0.2) is 38.7 Å². The van der Waals surface area contributed by atoms with E-state index in [0.29, 0.717) is 6.92 Å². The Morgan fingerprint density at radius 3 is 1.91 bits per heavy atom. The van der Waals surface area contributed by atoms with Gasteiger partial charge in [-0.15, -0.1) is 0 Å². The Bertz CT molecular complexity index is 516. The number of ether oxygens (including phenoxy) is 1. The normalized spacial score (nSPS) is 17.4. The van der Waals surface area contributed by atoms with Gasteiger partial charge in [0.25, 0.3) is 0 Å². The van der Waals surface area contributed by atoms with Crippen LogP contribution in [0.1, 0.15) is 33.6 Å². The van der Waals surface area contributed by atoms with Crippen molar-refractivity contribution in [2.75, 3.05) is 6.61 Å². The van der Waals surface area contributed by atoms with Crippen LogP contribution in [0.15, 0.2) is 0 Å². The van der Waals surface area contributed by atoms with Crippen molar-refractivity contribution in [3.8, 4) is 0 Å². The van der Waals surface area contributed by atoms with Gasteiger partial charge in [-0.05, 0) is 19.8 Å². The van der Waals surface area contributed by atoms with Gasteiger partial charge in [-0.2, -0.15) is 26.3 Å². The summed E-state index contributed by atoms with van der Waals surface area (Å²) in [6.07, 6.45) is -5.77. The van der Waals surface area contributed by atoms with Crippen LogP contribution in [0.4, 0.5) is 26.3 Å². The molecule has 0 fully saturated rings. The molecular formula is C11H17F6NO4S. The smallest absolute Gasteiger partial charge is 0.463 e. The Morgan fingerprint density at radius 2 is 1.61 bits per heavy atom. The van der Waals surface area contributed by atoms with Crippen LogP contribution in [0.2, 0.25) is 0 Å². The number of hydrogen-bond donors (Lipinski definition) is 1. The van der Waals surface area contributed by atoms with Crippen molar-refractivity contribution in [2.24, 2.45) is 5.41 Å². The maximum atomic E-state index is 12.8. The Kier molecular flexibility index (Phi) is 6.91. The molecule has 0 heterocycles. The van der Waals surface area contributed by atoms with Crippen molar-refractivity contribution in [3.63, 3.8) is 0 Å². The summed E-state index contributed by atoms with van der Waals surface area (Å²) in [6.45, 7) is 2.02. The third-order valence-corrected chi connectivity index (χ3v) is 4.57. The molecule has 2 atom stereocenters. The summed E-state index contributed by atoms with van der Waals surface area (Å²) in [6, 6.07) is -1.50. The highest BCUT2D eigenvalue weighted by Crippen LogP contribution is 2.41. The summed E-state index contributed by atoms with van der Waals surface area (Å²) in [5.41, 5.74) is -8.40. The number of carbonyl (C=O) groups is 1. The number of hydrogen-bond acceptors (Lipinski definition) is 4. The van der Waals surface area contributed by atoms with Gasteiger partial charge < -0.3 is 4.74 Å². The van der Waals surface area contributed by atoms with Gasteiger partial charge in [-0.25, -0.2) is 13.1 Å². The van der Waals surface area contributed by atoms with E-state index < -0.39 is 52.2 Å². The molecule has 5 nitrogen and oxygen atoms in total.